The van der Waals surface area contributed by atoms with Gasteiger partial charge in [0.05, 0.1) is 47.6 Å². The third-order valence-electron chi connectivity index (χ3n) is 14.3. The van der Waals surface area contributed by atoms with Crippen LogP contribution in [0.1, 0.15) is 94.9 Å². The summed E-state index contributed by atoms with van der Waals surface area (Å²) in [6.45, 7) is 20.2. The van der Waals surface area contributed by atoms with E-state index in [-0.39, 0.29) is 30.4 Å². The number of fused-ring (bicyclic) bond motifs is 1. The van der Waals surface area contributed by atoms with Gasteiger partial charge in [0.15, 0.2) is 18.2 Å². The quantitative estimate of drug-likeness (QED) is 0.323. The maximum Gasteiger partial charge on any atom is 0.410 e. The Labute approximate surface area is 327 Å². The number of carbonyl (C=O) groups is 2. The summed E-state index contributed by atoms with van der Waals surface area (Å²) >= 11 is 0. The Morgan fingerprint density at radius 3 is 2.33 bits per heavy atom. The summed E-state index contributed by atoms with van der Waals surface area (Å²) in [7, 11) is 5.41. The van der Waals surface area contributed by atoms with E-state index in [0.717, 1.165) is 0 Å². The minimum atomic E-state index is -1.19. The van der Waals surface area contributed by atoms with Crippen LogP contribution >= 0.6 is 0 Å². The molecule has 0 aliphatic carbocycles. The number of carbonyl (C=O) groups excluding carboxylic acids is 2. The van der Waals surface area contributed by atoms with E-state index in [4.69, 9.17) is 37.9 Å². The molecule has 1 spiro atoms. The van der Waals surface area contributed by atoms with Crippen LogP contribution in [0.2, 0.25) is 0 Å². The molecule has 0 aromatic heterocycles. The molecule has 6 aliphatic heterocycles. The molecule has 6 fully saturated rings. The molecule has 15 nitrogen and oxygen atoms in total. The Kier molecular flexibility index (Phi) is 12.1. The number of rotatable bonds is 7. The number of cyclic esters (lactones) is 1. The summed E-state index contributed by atoms with van der Waals surface area (Å²) in [4.78, 5) is 32.0. The van der Waals surface area contributed by atoms with Crippen molar-refractivity contribution in [2.75, 3.05) is 34.3 Å². The molecule has 0 saturated carbocycles. The second-order valence-electron chi connectivity index (χ2n) is 18.4. The van der Waals surface area contributed by atoms with Crippen molar-refractivity contribution in [3.8, 4) is 0 Å². The molecule has 3 N–H and O–H groups in total. The number of nitrogens with zero attached hydrogens (tertiary/aromatic N) is 2. The van der Waals surface area contributed by atoms with Crippen molar-refractivity contribution in [3.63, 3.8) is 0 Å². The van der Waals surface area contributed by atoms with Crippen LogP contribution in [0.25, 0.3) is 0 Å². The summed E-state index contributed by atoms with van der Waals surface area (Å²) in [6.07, 6.45) is -5.77. The van der Waals surface area contributed by atoms with Gasteiger partial charge in [0.25, 0.3) is 0 Å². The molecular formula is C40H69N3O12. The monoisotopic (exact) mass is 783 g/mol. The number of hydrogen-bond donors (Lipinski definition) is 3. The van der Waals surface area contributed by atoms with E-state index >= 15 is 0 Å². The molecule has 1 unspecified atom stereocenters. The van der Waals surface area contributed by atoms with Crippen LogP contribution in [0.3, 0.4) is 0 Å². The van der Waals surface area contributed by atoms with Crippen molar-refractivity contribution in [2.24, 2.45) is 23.7 Å². The van der Waals surface area contributed by atoms with E-state index in [1.165, 1.54) is 0 Å². The highest BCUT2D eigenvalue weighted by Crippen LogP contribution is 2.54. The van der Waals surface area contributed by atoms with Gasteiger partial charge >= 0.3 is 12.1 Å². The second-order valence-corrected chi connectivity index (χ2v) is 18.4. The number of amides is 1. The number of likely N-dealkylation sites (N-methyl/N-ethyl adjacent to an activating group) is 1. The molecule has 316 valence electrons. The van der Waals surface area contributed by atoms with Gasteiger partial charge in [0.2, 0.25) is 0 Å². The molecule has 15 heteroatoms. The second kappa shape index (κ2) is 15.5. The summed E-state index contributed by atoms with van der Waals surface area (Å²) in [5.74, 6) is -2.38. The lowest BCUT2D eigenvalue weighted by atomic mass is 9.72. The van der Waals surface area contributed by atoms with Crippen LogP contribution in [-0.4, -0.2) is 156 Å². The third kappa shape index (κ3) is 7.24. The molecule has 6 saturated heterocycles. The fraction of sp³-hybridized carbons (Fsp3) is 0.950. The Hall–Kier alpha value is -1.66. The average Bonchev–Trinajstić information content (AvgIpc) is 3.47. The topological polar surface area (TPSA) is 167 Å². The highest BCUT2D eigenvalue weighted by atomic mass is 16.7. The van der Waals surface area contributed by atoms with Gasteiger partial charge < -0.3 is 53.0 Å². The minimum Gasteiger partial charge on any atom is -0.458 e. The van der Waals surface area contributed by atoms with Crippen LogP contribution in [0.4, 0.5) is 4.79 Å². The molecular weight excluding hydrogens is 714 g/mol. The van der Waals surface area contributed by atoms with E-state index < -0.39 is 102 Å². The lowest BCUT2D eigenvalue weighted by molar-refractivity contribution is -0.322. The number of ether oxygens (including phenoxy) is 8. The first-order valence-corrected chi connectivity index (χ1v) is 20.5. The van der Waals surface area contributed by atoms with Gasteiger partial charge in [-0.2, -0.15) is 0 Å². The van der Waals surface area contributed by atoms with Crippen molar-refractivity contribution in [3.05, 3.63) is 0 Å². The zero-order chi connectivity index (χ0) is 40.6. The molecule has 6 heterocycles. The number of aliphatic hydroxyl groups excluding tert-OH is 2. The van der Waals surface area contributed by atoms with Crippen molar-refractivity contribution in [1.82, 2.24) is 15.1 Å². The van der Waals surface area contributed by atoms with Crippen molar-refractivity contribution < 1.29 is 57.7 Å². The van der Waals surface area contributed by atoms with Crippen LogP contribution in [0.5, 0.6) is 0 Å². The number of nitrogens with one attached hydrogen (secondary N) is 1. The molecule has 1 amide bonds. The zero-order valence-corrected chi connectivity index (χ0v) is 35.3. The number of hydrogen-bond acceptors (Lipinski definition) is 14. The van der Waals surface area contributed by atoms with E-state index in [0.29, 0.717) is 32.4 Å². The zero-order valence-electron chi connectivity index (χ0n) is 35.3. The smallest absolute Gasteiger partial charge is 0.410 e. The molecule has 6 aliphatic rings. The van der Waals surface area contributed by atoms with Gasteiger partial charge in [-0.05, 0) is 74.9 Å². The number of esters is 1. The summed E-state index contributed by atoms with van der Waals surface area (Å²) < 4.78 is 52.6. The first-order valence-electron chi connectivity index (χ1n) is 20.5. The average molecular weight is 784 g/mol. The van der Waals surface area contributed by atoms with E-state index in [9.17, 15) is 19.8 Å². The number of aliphatic hydroxyl groups is 2. The Morgan fingerprint density at radius 2 is 1.69 bits per heavy atom. The van der Waals surface area contributed by atoms with Crippen LogP contribution in [-0.2, 0) is 42.7 Å². The number of methoxy groups -OCH3 is 1. The summed E-state index contributed by atoms with van der Waals surface area (Å²) in [6, 6.07) is -0.714. The van der Waals surface area contributed by atoms with Gasteiger partial charge in [-0.1, -0.05) is 27.7 Å². The summed E-state index contributed by atoms with van der Waals surface area (Å²) in [5, 5.41) is 26.6. The van der Waals surface area contributed by atoms with Crippen LogP contribution < -0.4 is 5.32 Å². The molecule has 55 heavy (non-hydrogen) atoms. The Bertz CT molecular complexity index is 1410. The van der Waals surface area contributed by atoms with Gasteiger partial charge in [-0.25, -0.2) is 4.79 Å². The van der Waals surface area contributed by atoms with Gasteiger partial charge in [-0.3, -0.25) is 15.0 Å². The lowest BCUT2D eigenvalue weighted by Crippen LogP contribution is -2.64. The van der Waals surface area contributed by atoms with Crippen LogP contribution in [0, 0.1) is 23.7 Å². The standard InChI is InChI=1S/C40H69N3O12/c1-14-27-39(10)31-24(6)40(41-15-16-43(31)36(47)54-39)20(2)18-38(9,55-40)33(53-35-29(44)26(42(11)12)17-21(3)49-35)22(4)30(23(5)34(46)51-27)52-28-19-37(8,48-13)32(45)25(7)50-28/h20-33,35,41,44-45H,14-19H2,1-13H3/t20-,21-,22+,23-,24+,25+,26+,27+,28+,29-,30+,31-,32+,33-,35+,37-,38-,39-,40?/m1/s1. The molecule has 0 radical (unpaired) electrons. The summed E-state index contributed by atoms with van der Waals surface area (Å²) in [5.41, 5.74) is -4.13. The van der Waals surface area contributed by atoms with E-state index in [1.54, 1.807) is 25.9 Å². The Balaban J connectivity index is 1.49. The van der Waals surface area contributed by atoms with Crippen LogP contribution in [0.15, 0.2) is 0 Å². The maximum absolute atomic E-state index is 14.6. The Morgan fingerprint density at radius 1 is 1.00 bits per heavy atom. The first kappa shape index (κ1) is 42.9. The largest absolute Gasteiger partial charge is 0.458 e. The minimum absolute atomic E-state index is 0.0786. The third-order valence-corrected chi connectivity index (χ3v) is 14.3. The van der Waals surface area contributed by atoms with Crippen molar-refractivity contribution >= 4 is 12.1 Å². The highest BCUT2D eigenvalue weighted by Gasteiger charge is 2.68. The maximum atomic E-state index is 14.6. The molecule has 3 bridgehead atoms. The fourth-order valence-corrected chi connectivity index (χ4v) is 11.2. The highest BCUT2D eigenvalue weighted by molar-refractivity contribution is 5.74. The van der Waals surface area contributed by atoms with Gasteiger partial charge in [0, 0.05) is 50.4 Å². The predicted molar refractivity (Wildman–Crippen MR) is 200 cm³/mol. The SMILES string of the molecule is CC[C@@H]1OC(=O)[C@H](C)[C@@H](O[C@H]2C[C@@](C)(OC)[C@@H](O)[C@H](C)O2)[C@H](C)[C@@H](O[C@@H]2O[C@H](C)C[C@H](N(C)C)[C@H]2O)[C@@]2(C)C[C@@H](C)C3(NCCN4C(=O)O[C@@]1(C)[C@H]4[C@@H]3C)O2. The molecule has 19 atom stereocenters. The van der Waals surface area contributed by atoms with Gasteiger partial charge in [0.1, 0.15) is 24.0 Å². The van der Waals surface area contributed by atoms with Crippen molar-refractivity contribution in [2.45, 2.75) is 185 Å². The first-order chi connectivity index (χ1) is 25.7. The van der Waals surface area contributed by atoms with Gasteiger partial charge in [-0.15, -0.1) is 0 Å². The molecule has 6 rings (SSSR count). The normalized spacial score (nSPS) is 52.1. The van der Waals surface area contributed by atoms with E-state index in [2.05, 4.69) is 19.2 Å². The molecule has 0 aromatic rings. The van der Waals surface area contributed by atoms with E-state index in [1.807, 2.05) is 60.5 Å². The lowest BCUT2D eigenvalue weighted by Gasteiger charge is -2.49. The fourth-order valence-electron chi connectivity index (χ4n) is 11.2. The predicted octanol–water partition coefficient (Wildman–Crippen LogP) is 3.02. The molecule has 0 aromatic carbocycles. The van der Waals surface area contributed by atoms with Crippen molar-refractivity contribution in [1.29, 1.82) is 0 Å².